The third-order valence-electron chi connectivity index (χ3n) is 3.27. The zero-order chi connectivity index (χ0) is 15.2. The molecular weight excluding hydrogens is 256 g/mol. The van der Waals surface area contributed by atoms with Crippen molar-refractivity contribution in [3.05, 3.63) is 23.7 Å². The van der Waals surface area contributed by atoms with Crippen molar-refractivity contribution in [1.82, 2.24) is 0 Å². The van der Waals surface area contributed by atoms with Crippen LogP contribution in [0.3, 0.4) is 0 Å². The Morgan fingerprint density at radius 2 is 2.20 bits per heavy atom. The number of allylic oxidation sites excluding steroid dienone is 4. The molecule has 0 radical (unpaired) electrons. The summed E-state index contributed by atoms with van der Waals surface area (Å²) in [5.74, 6) is 1.29. The maximum Gasteiger partial charge on any atom is 0.159 e. The van der Waals surface area contributed by atoms with Crippen LogP contribution in [0.5, 0.6) is 0 Å². The van der Waals surface area contributed by atoms with E-state index in [9.17, 15) is 9.59 Å². The Labute approximate surface area is 120 Å². The lowest BCUT2D eigenvalue weighted by atomic mass is 9.81. The van der Waals surface area contributed by atoms with Gasteiger partial charge in [0.2, 0.25) is 0 Å². The number of rotatable bonds is 4. The van der Waals surface area contributed by atoms with Gasteiger partial charge in [0.05, 0.1) is 24.7 Å². The zero-order valence-corrected chi connectivity index (χ0v) is 12.8. The van der Waals surface area contributed by atoms with Crippen molar-refractivity contribution < 1.29 is 19.1 Å². The predicted molar refractivity (Wildman–Crippen MR) is 77.1 cm³/mol. The lowest BCUT2D eigenvalue weighted by Crippen LogP contribution is -2.26. The summed E-state index contributed by atoms with van der Waals surface area (Å²) in [7, 11) is 0. The number of ketones is 2. The highest BCUT2D eigenvalue weighted by atomic mass is 16.5. The van der Waals surface area contributed by atoms with Gasteiger partial charge in [-0.1, -0.05) is 6.92 Å². The molecule has 0 spiro atoms. The molecular formula is C16H24O4. The van der Waals surface area contributed by atoms with Crippen molar-refractivity contribution in [2.45, 2.75) is 47.0 Å². The van der Waals surface area contributed by atoms with E-state index in [1.165, 1.54) is 13.0 Å². The van der Waals surface area contributed by atoms with E-state index in [2.05, 4.69) is 0 Å². The molecule has 0 fully saturated rings. The molecule has 0 aromatic heterocycles. The Morgan fingerprint density at radius 1 is 1.50 bits per heavy atom. The maximum absolute atomic E-state index is 12.0. The predicted octanol–water partition coefficient (Wildman–Crippen LogP) is 3.18. The minimum atomic E-state index is -0.229. The Bertz CT molecular complexity index is 434. The molecule has 20 heavy (non-hydrogen) atoms. The van der Waals surface area contributed by atoms with E-state index in [0.717, 1.165) is 12.8 Å². The van der Waals surface area contributed by atoms with E-state index < -0.39 is 0 Å². The third-order valence-corrected chi connectivity index (χ3v) is 3.27. The van der Waals surface area contributed by atoms with Crippen LogP contribution in [0.4, 0.5) is 0 Å². The van der Waals surface area contributed by atoms with Crippen molar-refractivity contribution in [3.63, 3.8) is 0 Å². The highest BCUT2D eigenvalue weighted by Gasteiger charge is 2.28. The van der Waals surface area contributed by atoms with Crippen molar-refractivity contribution in [2.24, 2.45) is 5.41 Å². The van der Waals surface area contributed by atoms with Crippen LogP contribution < -0.4 is 0 Å². The second-order valence-corrected chi connectivity index (χ2v) is 5.82. The summed E-state index contributed by atoms with van der Waals surface area (Å²) < 4.78 is 11.1. The van der Waals surface area contributed by atoms with Crippen LogP contribution in [0.25, 0.3) is 0 Å². The largest absolute Gasteiger partial charge is 0.498 e. The van der Waals surface area contributed by atoms with Crippen molar-refractivity contribution in [1.29, 1.82) is 0 Å². The highest BCUT2D eigenvalue weighted by Crippen LogP contribution is 2.30. The van der Waals surface area contributed by atoms with Gasteiger partial charge in [-0.15, -0.1) is 0 Å². The second-order valence-electron chi connectivity index (χ2n) is 5.82. The molecule has 4 heteroatoms. The molecule has 1 heterocycles. The highest BCUT2D eigenvalue weighted by molar-refractivity contribution is 5.90. The number of hydrogen-bond donors (Lipinski definition) is 0. The normalized spacial score (nSPS) is 27.5. The van der Waals surface area contributed by atoms with Gasteiger partial charge in [0.25, 0.3) is 0 Å². The fourth-order valence-electron chi connectivity index (χ4n) is 2.30. The van der Waals surface area contributed by atoms with E-state index in [1.807, 2.05) is 6.92 Å². The molecule has 4 nitrogen and oxygen atoms in total. The van der Waals surface area contributed by atoms with Gasteiger partial charge in [-0.3, -0.25) is 9.59 Å². The van der Waals surface area contributed by atoms with Crippen molar-refractivity contribution >= 4 is 11.6 Å². The maximum atomic E-state index is 12.0. The van der Waals surface area contributed by atoms with Crippen LogP contribution in [0.2, 0.25) is 0 Å². The van der Waals surface area contributed by atoms with Crippen LogP contribution in [0.15, 0.2) is 23.7 Å². The molecule has 0 aromatic carbocycles. The van der Waals surface area contributed by atoms with E-state index in [-0.39, 0.29) is 17.0 Å². The molecule has 0 bridgehead atoms. The molecule has 112 valence electrons. The Hall–Kier alpha value is -1.58. The molecule has 1 atom stereocenters. The fraction of sp³-hybridized carbons (Fsp3) is 0.625. The smallest absolute Gasteiger partial charge is 0.159 e. The number of carbonyl (C=O) groups excluding carboxylic acids is 2. The molecule has 1 rings (SSSR count). The van der Waals surface area contributed by atoms with Gasteiger partial charge in [0, 0.05) is 24.0 Å². The molecule has 0 saturated carbocycles. The first-order valence-corrected chi connectivity index (χ1v) is 6.96. The van der Waals surface area contributed by atoms with E-state index in [4.69, 9.17) is 9.47 Å². The number of hydrogen-bond acceptors (Lipinski definition) is 4. The zero-order valence-electron chi connectivity index (χ0n) is 12.8. The quantitative estimate of drug-likeness (QED) is 0.586. The van der Waals surface area contributed by atoms with Gasteiger partial charge in [0.1, 0.15) is 0 Å². The van der Waals surface area contributed by atoms with E-state index in [0.29, 0.717) is 31.2 Å². The van der Waals surface area contributed by atoms with E-state index in [1.54, 1.807) is 19.9 Å². The Morgan fingerprint density at radius 3 is 2.85 bits per heavy atom. The average Bonchev–Trinajstić information content (AvgIpc) is 2.36. The molecule has 0 saturated heterocycles. The second kappa shape index (κ2) is 7.27. The van der Waals surface area contributed by atoms with Crippen molar-refractivity contribution in [3.8, 4) is 0 Å². The molecule has 1 unspecified atom stereocenters. The van der Waals surface area contributed by atoms with Gasteiger partial charge < -0.3 is 9.47 Å². The van der Waals surface area contributed by atoms with Gasteiger partial charge >= 0.3 is 0 Å². The first kappa shape index (κ1) is 16.5. The minimum absolute atomic E-state index is 0.0369. The Kier molecular flexibility index (Phi) is 5.99. The van der Waals surface area contributed by atoms with Crippen molar-refractivity contribution in [2.75, 3.05) is 13.2 Å². The van der Waals surface area contributed by atoms with Crippen LogP contribution >= 0.6 is 0 Å². The molecule has 1 aliphatic rings. The van der Waals surface area contributed by atoms with Crippen LogP contribution in [-0.2, 0) is 19.1 Å². The lowest BCUT2D eigenvalue weighted by molar-refractivity contribution is -0.117. The Balaban J connectivity index is 2.69. The number of carbonyl (C=O) groups is 2. The minimum Gasteiger partial charge on any atom is -0.498 e. The van der Waals surface area contributed by atoms with Gasteiger partial charge in [-0.2, -0.15) is 0 Å². The summed E-state index contributed by atoms with van der Waals surface area (Å²) in [6.45, 7) is 8.14. The van der Waals surface area contributed by atoms with Crippen LogP contribution in [0, 0.1) is 5.41 Å². The van der Waals surface area contributed by atoms with Crippen LogP contribution in [0.1, 0.15) is 47.0 Å². The van der Waals surface area contributed by atoms with Gasteiger partial charge in [0.15, 0.2) is 11.6 Å². The summed E-state index contributed by atoms with van der Waals surface area (Å²) in [6.07, 6.45) is 5.19. The summed E-state index contributed by atoms with van der Waals surface area (Å²) in [6, 6.07) is 0. The molecule has 0 amide bonds. The summed E-state index contributed by atoms with van der Waals surface area (Å²) in [4.78, 5) is 22.9. The average molecular weight is 280 g/mol. The summed E-state index contributed by atoms with van der Waals surface area (Å²) in [5.41, 5.74) is -0.229. The van der Waals surface area contributed by atoms with Gasteiger partial charge in [-0.05, 0) is 33.6 Å². The molecule has 0 aliphatic carbocycles. The van der Waals surface area contributed by atoms with E-state index >= 15 is 0 Å². The molecule has 1 aliphatic heterocycles. The SMILES string of the molecule is CC(=O)/C=C(/C)OCC1(C)CCCO/C(C)=C\C(=O)C1. The number of ether oxygens (including phenoxy) is 2. The molecule has 0 N–H and O–H groups in total. The van der Waals surface area contributed by atoms with Gasteiger partial charge in [-0.25, -0.2) is 0 Å². The van der Waals surface area contributed by atoms with Crippen LogP contribution in [-0.4, -0.2) is 24.8 Å². The monoisotopic (exact) mass is 280 g/mol. The summed E-state index contributed by atoms with van der Waals surface area (Å²) in [5, 5.41) is 0. The fourth-order valence-corrected chi connectivity index (χ4v) is 2.30. The summed E-state index contributed by atoms with van der Waals surface area (Å²) >= 11 is 0. The third kappa shape index (κ3) is 6.04. The first-order chi connectivity index (χ1) is 9.31. The topological polar surface area (TPSA) is 52.6 Å². The standard InChI is InChI=1S/C16H24O4/c1-12(17)8-13(2)20-11-16(4)6-5-7-19-14(3)9-15(18)10-16/h8-9H,5-7,10-11H2,1-4H3/b13-8-,14-9-. The first-order valence-electron chi connectivity index (χ1n) is 6.96. The molecule has 0 aromatic rings. The lowest BCUT2D eigenvalue weighted by Gasteiger charge is -2.28.